The number of hydrogen-bond donors (Lipinski definition) is 1. The molecular weight excluding hydrogens is 336 g/mol. The average molecular weight is 354 g/mol. The highest BCUT2D eigenvalue weighted by molar-refractivity contribution is 5.97. The Morgan fingerprint density at radius 1 is 1.19 bits per heavy atom. The number of amides is 1. The molecule has 0 unspecified atom stereocenters. The molecule has 3 aromatic rings. The normalized spacial score (nSPS) is 10.7. The van der Waals surface area contributed by atoms with Crippen LogP contribution >= 0.6 is 0 Å². The third-order valence-corrected chi connectivity index (χ3v) is 4.01. The van der Waals surface area contributed by atoms with Crippen molar-refractivity contribution < 1.29 is 18.7 Å². The topological polar surface area (TPSA) is 90.5 Å². The van der Waals surface area contributed by atoms with Gasteiger partial charge in [0.15, 0.2) is 11.4 Å². The molecule has 0 radical (unpaired) electrons. The highest BCUT2D eigenvalue weighted by Gasteiger charge is 2.15. The quantitative estimate of drug-likeness (QED) is 0.712. The number of carbonyl (C=O) groups is 2. The highest BCUT2D eigenvalue weighted by Crippen LogP contribution is 2.25. The first-order valence-corrected chi connectivity index (χ1v) is 7.98. The van der Waals surface area contributed by atoms with Crippen molar-refractivity contribution in [2.45, 2.75) is 20.4 Å². The van der Waals surface area contributed by atoms with E-state index >= 15 is 0 Å². The number of anilines is 1. The maximum atomic E-state index is 12.4. The van der Waals surface area contributed by atoms with E-state index in [4.69, 9.17) is 9.15 Å². The van der Waals surface area contributed by atoms with Gasteiger partial charge in [-0.15, -0.1) is 0 Å². The molecule has 0 spiro atoms. The van der Waals surface area contributed by atoms with Crippen LogP contribution in [0.2, 0.25) is 0 Å². The second kappa shape index (κ2) is 6.87. The van der Waals surface area contributed by atoms with Gasteiger partial charge in [0.2, 0.25) is 5.91 Å². The number of methoxy groups -OCH3 is 1. The fraction of sp³-hybridized carbons (Fsp3) is 0.211. The molecule has 0 aliphatic rings. The van der Waals surface area contributed by atoms with Crippen LogP contribution in [0, 0.1) is 6.92 Å². The number of rotatable bonds is 5. The minimum Gasteiger partial charge on any atom is -0.495 e. The van der Waals surface area contributed by atoms with E-state index in [1.54, 1.807) is 24.3 Å². The summed E-state index contributed by atoms with van der Waals surface area (Å²) < 4.78 is 11.6. The number of hydrogen-bond acceptors (Lipinski definition) is 5. The summed E-state index contributed by atoms with van der Waals surface area (Å²) in [6.45, 7) is 3.11. The predicted molar refractivity (Wildman–Crippen MR) is 96.8 cm³/mol. The molecule has 0 aliphatic carbocycles. The molecule has 3 rings (SSSR count). The van der Waals surface area contributed by atoms with E-state index in [9.17, 15) is 14.4 Å². The fourth-order valence-electron chi connectivity index (χ4n) is 2.69. The molecular formula is C19H18N2O5. The van der Waals surface area contributed by atoms with E-state index in [1.165, 1.54) is 24.7 Å². The first-order valence-electron chi connectivity index (χ1n) is 7.98. The molecule has 0 saturated heterocycles. The van der Waals surface area contributed by atoms with Crippen LogP contribution in [-0.2, 0) is 11.3 Å². The number of oxazole rings is 1. The van der Waals surface area contributed by atoms with Gasteiger partial charge in [0, 0.05) is 5.56 Å². The van der Waals surface area contributed by atoms with Crippen LogP contribution in [0.1, 0.15) is 22.8 Å². The zero-order valence-electron chi connectivity index (χ0n) is 14.7. The zero-order valence-corrected chi connectivity index (χ0v) is 14.7. The Bertz CT molecular complexity index is 1060. The third kappa shape index (κ3) is 3.37. The zero-order chi connectivity index (χ0) is 18.8. The van der Waals surface area contributed by atoms with Crippen molar-refractivity contribution in [3.8, 4) is 5.75 Å². The summed E-state index contributed by atoms with van der Waals surface area (Å²) in [5.41, 5.74) is 2.64. The van der Waals surface area contributed by atoms with E-state index in [1.807, 2.05) is 13.0 Å². The number of nitrogens with one attached hydrogen (secondary N) is 1. The molecule has 0 fully saturated rings. The summed E-state index contributed by atoms with van der Waals surface area (Å²) in [6.07, 6.45) is 0. The SMILES string of the molecule is COc1ccc(C)cc1NC(=O)Cn1c(=O)oc2cc(C(C)=O)ccc21. The van der Waals surface area contributed by atoms with Crippen molar-refractivity contribution in [3.63, 3.8) is 0 Å². The van der Waals surface area contributed by atoms with Gasteiger partial charge in [-0.05, 0) is 49.7 Å². The van der Waals surface area contributed by atoms with Crippen molar-refractivity contribution in [1.29, 1.82) is 0 Å². The minimum absolute atomic E-state index is 0.133. The van der Waals surface area contributed by atoms with E-state index in [0.29, 0.717) is 22.5 Å². The summed E-state index contributed by atoms with van der Waals surface area (Å²) >= 11 is 0. The molecule has 7 heteroatoms. The number of Topliss-reactive ketones (excluding diaryl/α,β-unsaturated/α-hetero) is 1. The van der Waals surface area contributed by atoms with Gasteiger partial charge >= 0.3 is 5.76 Å². The van der Waals surface area contributed by atoms with Crippen LogP contribution in [0.3, 0.4) is 0 Å². The van der Waals surface area contributed by atoms with Crippen molar-refractivity contribution in [3.05, 3.63) is 58.1 Å². The largest absolute Gasteiger partial charge is 0.495 e. The highest BCUT2D eigenvalue weighted by atomic mass is 16.5. The number of benzene rings is 2. The van der Waals surface area contributed by atoms with Gasteiger partial charge in [-0.25, -0.2) is 4.79 Å². The number of aromatic nitrogens is 1. The molecule has 2 aromatic carbocycles. The third-order valence-electron chi connectivity index (χ3n) is 4.01. The standard InChI is InChI=1S/C19H18N2O5/c1-11-4-7-16(25-3)14(8-11)20-18(23)10-21-15-6-5-13(12(2)22)9-17(15)26-19(21)24/h4-9H,10H2,1-3H3,(H,20,23). The average Bonchev–Trinajstić information content (AvgIpc) is 2.90. The number of carbonyl (C=O) groups excluding carboxylic acids is 2. The van der Waals surface area contributed by atoms with E-state index in [0.717, 1.165) is 5.56 Å². The lowest BCUT2D eigenvalue weighted by Gasteiger charge is -2.11. The summed E-state index contributed by atoms with van der Waals surface area (Å²) in [5, 5.41) is 2.74. The monoisotopic (exact) mass is 354 g/mol. The van der Waals surface area contributed by atoms with E-state index < -0.39 is 11.7 Å². The van der Waals surface area contributed by atoms with Gasteiger partial charge in [0.1, 0.15) is 12.3 Å². The van der Waals surface area contributed by atoms with Crippen molar-refractivity contribution >= 4 is 28.5 Å². The minimum atomic E-state index is -0.660. The predicted octanol–water partition coefficient (Wildman–Crippen LogP) is 2.75. The lowest BCUT2D eigenvalue weighted by Crippen LogP contribution is -2.25. The Labute approximate surface area is 149 Å². The van der Waals surface area contributed by atoms with Crippen LogP contribution in [0.4, 0.5) is 5.69 Å². The number of fused-ring (bicyclic) bond motifs is 1. The molecule has 1 aromatic heterocycles. The fourth-order valence-corrected chi connectivity index (χ4v) is 2.69. The second-order valence-electron chi connectivity index (χ2n) is 5.94. The lowest BCUT2D eigenvalue weighted by molar-refractivity contribution is -0.116. The van der Waals surface area contributed by atoms with Gasteiger partial charge < -0.3 is 14.5 Å². The molecule has 1 N–H and O–H groups in total. The van der Waals surface area contributed by atoms with E-state index in [-0.39, 0.29) is 17.9 Å². The molecule has 0 aliphatic heterocycles. The van der Waals surface area contributed by atoms with Crippen molar-refractivity contribution in [1.82, 2.24) is 4.57 Å². The molecule has 7 nitrogen and oxygen atoms in total. The first-order chi connectivity index (χ1) is 12.4. The molecule has 0 bridgehead atoms. The molecule has 1 amide bonds. The van der Waals surface area contributed by atoms with Gasteiger partial charge in [-0.2, -0.15) is 0 Å². The summed E-state index contributed by atoms with van der Waals surface area (Å²) in [4.78, 5) is 35.9. The maximum absolute atomic E-state index is 12.4. The maximum Gasteiger partial charge on any atom is 0.420 e. The first kappa shape index (κ1) is 17.5. The van der Waals surface area contributed by atoms with Crippen LogP contribution in [-0.4, -0.2) is 23.4 Å². The van der Waals surface area contributed by atoms with Crippen LogP contribution < -0.4 is 15.8 Å². The summed E-state index contributed by atoms with van der Waals surface area (Å²) in [5.74, 6) is -0.660. The number of ketones is 1. The molecule has 26 heavy (non-hydrogen) atoms. The van der Waals surface area contributed by atoms with Crippen LogP contribution in [0.25, 0.3) is 11.1 Å². The summed E-state index contributed by atoms with van der Waals surface area (Å²) in [6, 6.07) is 10.1. The van der Waals surface area contributed by atoms with Crippen molar-refractivity contribution in [2.24, 2.45) is 0 Å². The Kier molecular flexibility index (Phi) is 4.62. The Balaban J connectivity index is 1.88. The van der Waals surface area contributed by atoms with Crippen LogP contribution in [0.5, 0.6) is 5.75 Å². The molecule has 0 saturated carbocycles. The second-order valence-corrected chi connectivity index (χ2v) is 5.94. The van der Waals surface area contributed by atoms with Crippen molar-refractivity contribution in [2.75, 3.05) is 12.4 Å². The smallest absolute Gasteiger partial charge is 0.420 e. The van der Waals surface area contributed by atoms with E-state index in [2.05, 4.69) is 5.32 Å². The number of ether oxygens (including phenoxy) is 1. The molecule has 1 heterocycles. The Morgan fingerprint density at radius 2 is 1.96 bits per heavy atom. The Hall–Kier alpha value is -3.35. The van der Waals surface area contributed by atoms with Gasteiger partial charge in [0.25, 0.3) is 0 Å². The van der Waals surface area contributed by atoms with Gasteiger partial charge in [-0.3, -0.25) is 14.2 Å². The Morgan fingerprint density at radius 3 is 2.65 bits per heavy atom. The molecule has 0 atom stereocenters. The van der Waals surface area contributed by atoms with Gasteiger partial charge in [-0.1, -0.05) is 6.07 Å². The van der Waals surface area contributed by atoms with Gasteiger partial charge in [0.05, 0.1) is 18.3 Å². The summed E-state index contributed by atoms with van der Waals surface area (Å²) in [7, 11) is 1.51. The number of aryl methyl sites for hydroxylation is 1. The van der Waals surface area contributed by atoms with Crippen LogP contribution in [0.15, 0.2) is 45.6 Å². The molecule has 134 valence electrons. The lowest BCUT2D eigenvalue weighted by atomic mass is 10.1. The number of nitrogens with zero attached hydrogens (tertiary/aromatic N) is 1.